The summed E-state index contributed by atoms with van der Waals surface area (Å²) in [6, 6.07) is 13.5. The molecule has 0 radical (unpaired) electrons. The van der Waals surface area contributed by atoms with Crippen LogP contribution in [-0.2, 0) is 0 Å². The minimum absolute atomic E-state index is 0.0909. The van der Waals surface area contributed by atoms with E-state index in [-0.39, 0.29) is 5.78 Å². The van der Waals surface area contributed by atoms with Crippen molar-refractivity contribution in [3.63, 3.8) is 0 Å². The van der Waals surface area contributed by atoms with Crippen LogP contribution in [0.25, 0.3) is 0 Å². The number of hydrogen-bond donors (Lipinski definition) is 0. The second-order valence-electron chi connectivity index (χ2n) is 4.16. The molecule has 0 heterocycles. The van der Waals surface area contributed by atoms with Crippen LogP contribution in [0.4, 0.5) is 0 Å². The highest BCUT2D eigenvalue weighted by molar-refractivity contribution is 14.1. The van der Waals surface area contributed by atoms with E-state index in [0.717, 1.165) is 22.3 Å². The van der Waals surface area contributed by atoms with E-state index >= 15 is 0 Å². The summed E-state index contributed by atoms with van der Waals surface area (Å²) in [5.74, 6) is 0.0909. The topological polar surface area (TPSA) is 17.1 Å². The van der Waals surface area contributed by atoms with E-state index < -0.39 is 0 Å². The number of aryl methyl sites for hydroxylation is 2. The molecule has 0 spiro atoms. The van der Waals surface area contributed by atoms with Gasteiger partial charge in [-0.2, -0.15) is 0 Å². The molecule has 0 N–H and O–H groups in total. The summed E-state index contributed by atoms with van der Waals surface area (Å²) in [6.07, 6.45) is 0. The Morgan fingerprint density at radius 1 is 1.00 bits per heavy atom. The lowest BCUT2D eigenvalue weighted by atomic mass is 10.0. The molecular formula is C15H13IO. The minimum atomic E-state index is 0.0909. The van der Waals surface area contributed by atoms with Gasteiger partial charge in [0.2, 0.25) is 0 Å². The zero-order valence-corrected chi connectivity index (χ0v) is 12.0. The first-order valence-electron chi connectivity index (χ1n) is 5.45. The molecule has 2 rings (SSSR count). The maximum atomic E-state index is 12.3. The van der Waals surface area contributed by atoms with Gasteiger partial charge in [0.05, 0.1) is 0 Å². The molecule has 17 heavy (non-hydrogen) atoms. The molecule has 2 heteroatoms. The van der Waals surface area contributed by atoms with E-state index in [4.69, 9.17) is 0 Å². The van der Waals surface area contributed by atoms with Crippen LogP contribution in [0.3, 0.4) is 0 Å². The van der Waals surface area contributed by atoms with Gasteiger partial charge in [0.15, 0.2) is 5.78 Å². The molecular weight excluding hydrogens is 323 g/mol. The molecule has 86 valence electrons. The van der Waals surface area contributed by atoms with Crippen LogP contribution in [0.15, 0.2) is 42.5 Å². The molecule has 2 aromatic rings. The van der Waals surface area contributed by atoms with Crippen LogP contribution in [-0.4, -0.2) is 5.78 Å². The molecule has 0 fully saturated rings. The van der Waals surface area contributed by atoms with Crippen molar-refractivity contribution in [3.8, 4) is 0 Å². The van der Waals surface area contributed by atoms with Gasteiger partial charge in [0.1, 0.15) is 0 Å². The number of benzene rings is 2. The normalized spacial score (nSPS) is 10.3. The molecule has 0 saturated carbocycles. The molecule has 1 nitrogen and oxygen atoms in total. The third kappa shape index (κ3) is 2.75. The summed E-state index contributed by atoms with van der Waals surface area (Å²) >= 11 is 2.27. The van der Waals surface area contributed by atoms with E-state index in [1.165, 1.54) is 3.57 Å². The van der Waals surface area contributed by atoms with Crippen LogP contribution in [0.2, 0.25) is 0 Å². The van der Waals surface area contributed by atoms with Gasteiger partial charge < -0.3 is 0 Å². The average molecular weight is 336 g/mol. The molecule has 0 atom stereocenters. The Balaban J connectivity index is 2.40. The number of ketones is 1. The Morgan fingerprint density at radius 3 is 2.35 bits per heavy atom. The van der Waals surface area contributed by atoms with Crippen molar-refractivity contribution in [2.75, 3.05) is 0 Å². The lowest BCUT2D eigenvalue weighted by Crippen LogP contribution is -2.02. The second-order valence-corrected chi connectivity index (χ2v) is 5.32. The van der Waals surface area contributed by atoms with Crippen molar-refractivity contribution < 1.29 is 4.79 Å². The largest absolute Gasteiger partial charge is 0.289 e. The zero-order valence-electron chi connectivity index (χ0n) is 9.83. The maximum absolute atomic E-state index is 12.3. The van der Waals surface area contributed by atoms with Crippen LogP contribution in [0.5, 0.6) is 0 Å². The van der Waals surface area contributed by atoms with Gasteiger partial charge in [-0.05, 0) is 66.3 Å². The molecule has 0 bridgehead atoms. The Hall–Kier alpha value is -1.16. The number of carbonyl (C=O) groups excluding carboxylic acids is 1. The summed E-state index contributed by atoms with van der Waals surface area (Å²) in [5.41, 5.74) is 3.77. The van der Waals surface area contributed by atoms with Crippen molar-refractivity contribution in [3.05, 3.63) is 68.3 Å². The van der Waals surface area contributed by atoms with Gasteiger partial charge in [0.25, 0.3) is 0 Å². The molecule has 0 aromatic heterocycles. The van der Waals surface area contributed by atoms with Gasteiger partial charge in [-0.3, -0.25) is 4.79 Å². The maximum Gasteiger partial charge on any atom is 0.193 e. The monoisotopic (exact) mass is 336 g/mol. The fraction of sp³-hybridized carbons (Fsp3) is 0.133. The van der Waals surface area contributed by atoms with E-state index in [9.17, 15) is 4.79 Å². The van der Waals surface area contributed by atoms with Crippen LogP contribution >= 0.6 is 22.6 Å². The third-order valence-electron chi connectivity index (χ3n) is 2.70. The Kier molecular flexibility index (Phi) is 3.62. The second kappa shape index (κ2) is 5.00. The molecule has 0 aliphatic rings. The van der Waals surface area contributed by atoms with E-state index in [1.807, 2.05) is 56.3 Å². The SMILES string of the molecule is Cc1cccc(C(=O)c2ccc(I)c(C)c2)c1. The highest BCUT2D eigenvalue weighted by Gasteiger charge is 2.09. The van der Waals surface area contributed by atoms with Gasteiger partial charge in [-0.25, -0.2) is 0 Å². The standard InChI is InChI=1S/C15H13IO/c1-10-4-3-5-12(8-10)15(17)13-6-7-14(16)11(2)9-13/h3-9H,1-2H3. The first-order chi connectivity index (χ1) is 8.08. The zero-order chi connectivity index (χ0) is 12.4. The van der Waals surface area contributed by atoms with Crippen molar-refractivity contribution in [1.82, 2.24) is 0 Å². The number of carbonyl (C=O) groups is 1. The molecule has 0 unspecified atom stereocenters. The summed E-state index contributed by atoms with van der Waals surface area (Å²) in [4.78, 5) is 12.3. The Morgan fingerprint density at radius 2 is 1.71 bits per heavy atom. The van der Waals surface area contributed by atoms with Crippen LogP contribution in [0.1, 0.15) is 27.0 Å². The predicted molar refractivity (Wildman–Crippen MR) is 78.5 cm³/mol. The van der Waals surface area contributed by atoms with E-state index in [1.54, 1.807) is 0 Å². The first kappa shape index (κ1) is 12.3. The number of halogens is 1. The van der Waals surface area contributed by atoms with Gasteiger partial charge in [0, 0.05) is 14.7 Å². The molecule has 0 aliphatic heterocycles. The highest BCUT2D eigenvalue weighted by atomic mass is 127. The van der Waals surface area contributed by atoms with Gasteiger partial charge in [-0.15, -0.1) is 0 Å². The van der Waals surface area contributed by atoms with Crippen molar-refractivity contribution in [1.29, 1.82) is 0 Å². The molecule has 0 saturated heterocycles. The predicted octanol–water partition coefficient (Wildman–Crippen LogP) is 4.14. The number of rotatable bonds is 2. The van der Waals surface area contributed by atoms with E-state index in [2.05, 4.69) is 22.6 Å². The van der Waals surface area contributed by atoms with Crippen molar-refractivity contribution in [2.24, 2.45) is 0 Å². The summed E-state index contributed by atoms with van der Waals surface area (Å²) in [6.45, 7) is 4.02. The first-order valence-corrected chi connectivity index (χ1v) is 6.53. The lowest BCUT2D eigenvalue weighted by molar-refractivity contribution is 0.103. The molecule has 0 amide bonds. The van der Waals surface area contributed by atoms with Crippen LogP contribution in [0, 0.1) is 17.4 Å². The summed E-state index contributed by atoms with van der Waals surface area (Å²) in [5, 5.41) is 0. The van der Waals surface area contributed by atoms with Crippen molar-refractivity contribution in [2.45, 2.75) is 13.8 Å². The quantitative estimate of drug-likeness (QED) is 0.595. The van der Waals surface area contributed by atoms with Gasteiger partial charge in [-0.1, -0.05) is 23.8 Å². The summed E-state index contributed by atoms with van der Waals surface area (Å²) < 4.78 is 1.18. The smallest absolute Gasteiger partial charge is 0.193 e. The van der Waals surface area contributed by atoms with Crippen molar-refractivity contribution >= 4 is 28.4 Å². The van der Waals surface area contributed by atoms with E-state index in [0.29, 0.717) is 0 Å². The Bertz CT molecular complexity index is 573. The third-order valence-corrected chi connectivity index (χ3v) is 3.91. The average Bonchev–Trinajstić information content (AvgIpc) is 2.32. The fourth-order valence-corrected chi connectivity index (χ4v) is 2.07. The summed E-state index contributed by atoms with van der Waals surface area (Å²) in [7, 11) is 0. The van der Waals surface area contributed by atoms with Gasteiger partial charge >= 0.3 is 0 Å². The van der Waals surface area contributed by atoms with Crippen LogP contribution < -0.4 is 0 Å². The minimum Gasteiger partial charge on any atom is -0.289 e. The lowest BCUT2D eigenvalue weighted by Gasteiger charge is -2.04. The molecule has 0 aliphatic carbocycles. The highest BCUT2D eigenvalue weighted by Crippen LogP contribution is 2.17. The molecule has 2 aromatic carbocycles. The fourth-order valence-electron chi connectivity index (χ4n) is 1.74. The number of hydrogen-bond acceptors (Lipinski definition) is 1. The Labute approximate surface area is 115 Å².